The zero-order valence-electron chi connectivity index (χ0n) is 22.5. The molecule has 0 unspecified atom stereocenters. The van der Waals surface area contributed by atoms with Crippen LogP contribution in [-0.2, 0) is 20.8 Å². The third-order valence-corrected chi connectivity index (χ3v) is 8.05. The molecule has 0 radical (unpaired) electrons. The summed E-state index contributed by atoms with van der Waals surface area (Å²) in [6, 6.07) is 11.2. The molecule has 0 aliphatic carbocycles. The minimum absolute atomic E-state index is 0.00522. The van der Waals surface area contributed by atoms with Crippen LogP contribution in [0.5, 0.6) is 0 Å². The van der Waals surface area contributed by atoms with Crippen molar-refractivity contribution in [2.75, 3.05) is 58.4 Å². The van der Waals surface area contributed by atoms with Gasteiger partial charge in [-0.25, -0.2) is 24.2 Å². The van der Waals surface area contributed by atoms with Gasteiger partial charge in [-0.2, -0.15) is 0 Å². The van der Waals surface area contributed by atoms with Crippen LogP contribution in [-0.4, -0.2) is 108 Å². The average molecular weight is 584 g/mol. The average Bonchev–Trinajstić information content (AvgIpc) is 3.70. The van der Waals surface area contributed by atoms with Gasteiger partial charge >= 0.3 is 24.1 Å². The highest BCUT2D eigenvalue weighted by atomic mass is 32.1. The van der Waals surface area contributed by atoms with E-state index in [0.717, 1.165) is 29.1 Å². The highest BCUT2D eigenvalue weighted by Gasteiger charge is 2.34. The first-order valence-electron chi connectivity index (χ1n) is 12.9. The van der Waals surface area contributed by atoms with Gasteiger partial charge in [0.2, 0.25) is 0 Å². The summed E-state index contributed by atoms with van der Waals surface area (Å²) in [5, 5.41) is 10.3. The van der Waals surface area contributed by atoms with E-state index in [2.05, 4.69) is 14.6 Å². The van der Waals surface area contributed by atoms with Crippen molar-refractivity contribution in [1.82, 2.24) is 19.4 Å². The van der Waals surface area contributed by atoms with Crippen LogP contribution in [0, 0.1) is 0 Å². The normalized spacial score (nSPS) is 17.4. The maximum atomic E-state index is 12.5. The number of piperazine rings is 1. The number of ether oxygens (including phenoxy) is 3. The van der Waals surface area contributed by atoms with E-state index in [4.69, 9.17) is 9.47 Å². The van der Waals surface area contributed by atoms with Gasteiger partial charge in [-0.1, -0.05) is 24.3 Å². The van der Waals surface area contributed by atoms with Crippen LogP contribution in [0.25, 0.3) is 10.4 Å². The fourth-order valence-electron chi connectivity index (χ4n) is 4.60. The highest BCUT2D eigenvalue weighted by Crippen LogP contribution is 2.35. The molecule has 3 aromatic rings. The van der Waals surface area contributed by atoms with Gasteiger partial charge in [0, 0.05) is 37.6 Å². The number of aromatic nitrogens is 2. The molecule has 5 rings (SSSR count). The Hall–Kier alpha value is -4.43. The van der Waals surface area contributed by atoms with E-state index < -0.39 is 30.2 Å². The minimum atomic E-state index is -1.28. The molecule has 2 aromatic heterocycles. The minimum Gasteiger partial charge on any atom is -0.476 e. The van der Waals surface area contributed by atoms with Crippen LogP contribution in [0.2, 0.25) is 0 Å². The second-order valence-corrected chi connectivity index (χ2v) is 10.7. The van der Waals surface area contributed by atoms with Gasteiger partial charge in [-0.3, -0.25) is 4.90 Å². The number of benzene rings is 1. The summed E-state index contributed by atoms with van der Waals surface area (Å²) in [6.45, 7) is 3.26. The molecule has 41 heavy (non-hydrogen) atoms. The van der Waals surface area contributed by atoms with Crippen LogP contribution >= 0.6 is 11.3 Å². The molecule has 0 bridgehead atoms. The van der Waals surface area contributed by atoms with Crippen molar-refractivity contribution < 1.29 is 38.5 Å². The molecule has 13 nitrogen and oxygen atoms in total. The summed E-state index contributed by atoms with van der Waals surface area (Å²) >= 11 is 1.42. The molecule has 2 aliphatic rings. The molecule has 4 heterocycles. The Morgan fingerprint density at radius 3 is 2.51 bits per heavy atom. The van der Waals surface area contributed by atoms with E-state index in [1.54, 1.807) is 4.90 Å². The highest BCUT2D eigenvalue weighted by molar-refractivity contribution is 7.19. The van der Waals surface area contributed by atoms with Gasteiger partial charge in [-0.15, -0.1) is 11.3 Å². The van der Waals surface area contributed by atoms with Crippen molar-refractivity contribution in [2.24, 2.45) is 0 Å². The van der Waals surface area contributed by atoms with Gasteiger partial charge < -0.3 is 33.7 Å². The molecule has 2 fully saturated rings. The van der Waals surface area contributed by atoms with Gasteiger partial charge in [0.05, 0.1) is 20.0 Å². The van der Waals surface area contributed by atoms with Crippen LogP contribution in [0.3, 0.4) is 0 Å². The molecule has 2 saturated heterocycles. The summed E-state index contributed by atoms with van der Waals surface area (Å²) in [5.74, 6) is -2.09. The van der Waals surface area contributed by atoms with Gasteiger partial charge in [0.1, 0.15) is 11.6 Å². The molecule has 1 N–H and O–H groups in total. The van der Waals surface area contributed by atoms with E-state index in [9.17, 15) is 24.3 Å². The summed E-state index contributed by atoms with van der Waals surface area (Å²) in [4.78, 5) is 58.6. The second kappa shape index (κ2) is 12.0. The molecule has 14 heteroatoms. The number of rotatable bonds is 8. The maximum Gasteiger partial charge on any atom is 0.415 e. The zero-order valence-corrected chi connectivity index (χ0v) is 23.3. The molecule has 2 amide bonds. The first-order valence-corrected chi connectivity index (χ1v) is 13.7. The summed E-state index contributed by atoms with van der Waals surface area (Å²) in [6.07, 6.45) is -0.145. The fourth-order valence-corrected chi connectivity index (χ4v) is 5.61. The number of cyclic esters (lactones) is 1. The quantitative estimate of drug-likeness (QED) is 0.311. The summed E-state index contributed by atoms with van der Waals surface area (Å²) in [5.41, 5.74) is 1.22. The van der Waals surface area contributed by atoms with Crippen LogP contribution in [0.1, 0.15) is 26.5 Å². The molecule has 2 aliphatic heterocycles. The third-order valence-electron chi connectivity index (χ3n) is 6.90. The first kappa shape index (κ1) is 28.1. The Morgan fingerprint density at radius 2 is 1.83 bits per heavy atom. The number of anilines is 1. The Labute approximate surface area is 239 Å². The van der Waals surface area contributed by atoms with Crippen LogP contribution in [0.15, 0.2) is 42.7 Å². The van der Waals surface area contributed by atoms with E-state index >= 15 is 0 Å². The summed E-state index contributed by atoms with van der Waals surface area (Å²) < 4.78 is 16.8. The van der Waals surface area contributed by atoms with Crippen LogP contribution in [0.4, 0.5) is 14.6 Å². The number of amides is 2. The number of esters is 1. The lowest BCUT2D eigenvalue weighted by molar-refractivity contribution is 0.0450. The maximum absolute atomic E-state index is 12.5. The number of hydrogen-bond acceptors (Lipinski definition) is 10. The number of carbonyl (C=O) groups is 4. The molecule has 1 atom stereocenters. The van der Waals surface area contributed by atoms with Gasteiger partial charge in [0.25, 0.3) is 0 Å². The number of carboxylic acids is 1. The number of imidazole rings is 1. The third kappa shape index (κ3) is 6.18. The predicted octanol–water partition coefficient (Wildman–Crippen LogP) is 2.85. The smallest absolute Gasteiger partial charge is 0.415 e. The molecule has 1 aromatic carbocycles. The molecule has 0 spiro atoms. The standard InChI is InChI=1S/C27H29N5O8S/c1-29-9-11-30(12-10-29)26(36)39-15-19-14-32(27(37)40-19)21-8-7-20(41-21)18-5-3-17(4-6-18)13-31-16-28-22(25(35)38-2)23(31)24(33)34/h3-8,16,19H,9-15H2,1-2H3,(H,33,34)/t19-/m1/s1. The van der Waals surface area contributed by atoms with E-state index in [0.29, 0.717) is 18.1 Å². The van der Waals surface area contributed by atoms with E-state index in [1.165, 1.54) is 34.2 Å². The van der Waals surface area contributed by atoms with E-state index in [-0.39, 0.29) is 31.1 Å². The topological polar surface area (TPSA) is 144 Å². The number of thiophene rings is 1. The Bertz CT molecular complexity index is 1440. The molecule has 216 valence electrons. The Kier molecular flexibility index (Phi) is 8.21. The van der Waals surface area contributed by atoms with Crippen molar-refractivity contribution in [3.8, 4) is 10.4 Å². The number of hydrogen-bond donors (Lipinski definition) is 1. The Morgan fingerprint density at radius 1 is 1.10 bits per heavy atom. The number of carboxylic acid groups (broad SMARTS) is 1. The van der Waals surface area contributed by atoms with Crippen LogP contribution < -0.4 is 4.90 Å². The largest absolute Gasteiger partial charge is 0.476 e. The fraction of sp³-hybridized carbons (Fsp3) is 0.370. The number of nitrogens with zero attached hydrogens (tertiary/aromatic N) is 5. The van der Waals surface area contributed by atoms with Crippen molar-refractivity contribution >= 4 is 40.5 Å². The number of carbonyl (C=O) groups excluding carboxylic acids is 3. The van der Waals surface area contributed by atoms with Crippen molar-refractivity contribution in [3.63, 3.8) is 0 Å². The van der Waals surface area contributed by atoms with Gasteiger partial charge in [0.15, 0.2) is 17.5 Å². The first-order chi connectivity index (χ1) is 19.7. The monoisotopic (exact) mass is 583 g/mol. The number of methoxy groups -OCH3 is 1. The van der Waals surface area contributed by atoms with Gasteiger partial charge in [-0.05, 0) is 30.3 Å². The molecular formula is C27H29N5O8S. The lowest BCUT2D eigenvalue weighted by Gasteiger charge is -2.31. The van der Waals surface area contributed by atoms with Crippen molar-refractivity contribution in [1.29, 1.82) is 0 Å². The molecular weight excluding hydrogens is 554 g/mol. The second-order valence-electron chi connectivity index (χ2n) is 9.68. The van der Waals surface area contributed by atoms with E-state index in [1.807, 2.05) is 43.4 Å². The molecule has 0 saturated carbocycles. The van der Waals surface area contributed by atoms with Crippen molar-refractivity contribution in [2.45, 2.75) is 12.6 Å². The zero-order chi connectivity index (χ0) is 29.1. The lowest BCUT2D eigenvalue weighted by atomic mass is 10.1. The number of aromatic carboxylic acids is 1. The number of likely N-dealkylation sites (N-methyl/N-ethyl adjacent to an activating group) is 1. The Balaban J connectivity index is 1.19. The summed E-state index contributed by atoms with van der Waals surface area (Å²) in [7, 11) is 3.17. The lowest BCUT2D eigenvalue weighted by Crippen LogP contribution is -2.47. The SMILES string of the molecule is COC(=O)c1ncn(Cc2ccc(-c3ccc(N4C[C@H](COC(=O)N5CCN(C)CC5)OC4=O)s3)cc2)c1C(=O)O. The van der Waals surface area contributed by atoms with Crippen molar-refractivity contribution in [3.05, 3.63) is 59.7 Å². The predicted molar refractivity (Wildman–Crippen MR) is 147 cm³/mol.